The Labute approximate surface area is 214 Å². The summed E-state index contributed by atoms with van der Waals surface area (Å²) in [6, 6.07) is 7.73. The van der Waals surface area contributed by atoms with Crippen LogP contribution in [0.1, 0.15) is 36.7 Å². The Balaban J connectivity index is 1.78. The first-order chi connectivity index (χ1) is 17.1. The number of hydrogen-bond donors (Lipinski definition) is 4. The largest absolute Gasteiger partial charge is 0.389 e. The molecule has 4 aromatic rings. The molecule has 9 nitrogen and oxygen atoms in total. The van der Waals surface area contributed by atoms with E-state index in [2.05, 4.69) is 20.8 Å². The predicted molar refractivity (Wildman–Crippen MR) is 142 cm³/mol. The number of anilines is 1. The van der Waals surface area contributed by atoms with Crippen LogP contribution in [-0.4, -0.2) is 43.6 Å². The van der Waals surface area contributed by atoms with Gasteiger partial charge in [-0.25, -0.2) is 9.97 Å². The number of nitrogens with one attached hydrogen (secondary N) is 3. The van der Waals surface area contributed by atoms with Crippen molar-refractivity contribution in [3.63, 3.8) is 0 Å². The summed E-state index contributed by atoms with van der Waals surface area (Å²) >= 11 is 6.11. The third-order valence-electron chi connectivity index (χ3n) is 5.45. The molecule has 0 aliphatic rings. The number of rotatable bonds is 9. The highest BCUT2D eigenvalue weighted by molar-refractivity contribution is 6.30. The highest BCUT2D eigenvalue weighted by Gasteiger charge is 2.16. The minimum absolute atomic E-state index is 0.311. The first-order valence-corrected chi connectivity index (χ1v) is 11.8. The molecule has 4 N–H and O–H groups in total. The maximum Gasteiger partial charge on any atom is 0.165 e. The Bertz CT molecular complexity index is 1420. The number of nitrogens with zero attached hydrogens (tertiary/aromatic N) is 4. The fourth-order valence-corrected chi connectivity index (χ4v) is 3.96. The topological polar surface area (TPSA) is 133 Å². The van der Waals surface area contributed by atoms with Gasteiger partial charge in [-0.05, 0) is 57.0 Å². The third kappa shape index (κ3) is 5.87. The normalized spacial score (nSPS) is 12.1. The third-order valence-corrected chi connectivity index (χ3v) is 5.65. The van der Waals surface area contributed by atoms with Gasteiger partial charge in [-0.15, -0.1) is 0 Å². The summed E-state index contributed by atoms with van der Waals surface area (Å²) in [5, 5.41) is 29.7. The van der Waals surface area contributed by atoms with Gasteiger partial charge < -0.3 is 25.7 Å². The Morgan fingerprint density at radius 1 is 1.19 bits per heavy atom. The van der Waals surface area contributed by atoms with Gasteiger partial charge in [0.2, 0.25) is 0 Å². The number of benzene rings is 1. The van der Waals surface area contributed by atoms with Crippen LogP contribution in [0.4, 0.5) is 5.82 Å². The summed E-state index contributed by atoms with van der Waals surface area (Å²) in [6.45, 7) is 7.94. The van der Waals surface area contributed by atoms with Crippen LogP contribution < -0.4 is 10.6 Å². The van der Waals surface area contributed by atoms with Crippen molar-refractivity contribution in [3.05, 3.63) is 70.7 Å². The van der Waals surface area contributed by atoms with Gasteiger partial charge in [-0.1, -0.05) is 22.8 Å². The predicted octanol–water partition coefficient (Wildman–Crippen LogP) is 4.91. The minimum atomic E-state index is -0.903. The molecule has 0 aliphatic carbocycles. The van der Waals surface area contributed by atoms with Crippen molar-refractivity contribution in [1.82, 2.24) is 25.4 Å². The SMILES string of the molecule is Cc1noc(C)c1-c1ccc2nc(/C(C=N)=C/NCC(C)(C)O)nc(NCc3cncc(Cl)c3)c2c1. The van der Waals surface area contributed by atoms with E-state index in [4.69, 9.17) is 31.5 Å². The van der Waals surface area contributed by atoms with Gasteiger partial charge in [0, 0.05) is 48.8 Å². The Morgan fingerprint density at radius 2 is 2.00 bits per heavy atom. The summed E-state index contributed by atoms with van der Waals surface area (Å²) in [5.74, 6) is 1.70. The van der Waals surface area contributed by atoms with E-state index in [1.165, 1.54) is 6.21 Å². The smallest absolute Gasteiger partial charge is 0.165 e. The number of aromatic nitrogens is 4. The lowest BCUT2D eigenvalue weighted by atomic mass is 10.0. The van der Waals surface area contributed by atoms with E-state index in [0.29, 0.717) is 40.8 Å². The first-order valence-electron chi connectivity index (χ1n) is 11.4. The maximum atomic E-state index is 9.98. The molecule has 3 aromatic heterocycles. The van der Waals surface area contributed by atoms with Crippen LogP contribution in [0.25, 0.3) is 27.6 Å². The molecule has 0 spiro atoms. The Morgan fingerprint density at radius 3 is 2.67 bits per heavy atom. The quantitative estimate of drug-likeness (QED) is 0.236. The number of aryl methyl sites for hydroxylation is 2. The average Bonchev–Trinajstić information content (AvgIpc) is 3.17. The van der Waals surface area contributed by atoms with E-state index < -0.39 is 5.60 Å². The second-order valence-electron chi connectivity index (χ2n) is 9.13. The van der Waals surface area contributed by atoms with E-state index >= 15 is 0 Å². The fourth-order valence-electron chi connectivity index (χ4n) is 3.76. The fraction of sp³-hybridized carbons (Fsp3) is 0.269. The molecule has 0 atom stereocenters. The Hall–Kier alpha value is -3.82. The molecule has 0 bridgehead atoms. The van der Waals surface area contributed by atoms with Crippen LogP contribution in [0, 0.1) is 19.3 Å². The summed E-state index contributed by atoms with van der Waals surface area (Å²) in [6.07, 6.45) is 6.14. The number of allylic oxidation sites excluding steroid dienone is 1. The van der Waals surface area contributed by atoms with E-state index in [9.17, 15) is 5.11 Å². The van der Waals surface area contributed by atoms with E-state index in [1.807, 2.05) is 38.1 Å². The monoisotopic (exact) mass is 505 g/mol. The zero-order valence-corrected chi connectivity index (χ0v) is 21.3. The molecule has 0 saturated carbocycles. The number of hydrogen-bond acceptors (Lipinski definition) is 9. The van der Waals surface area contributed by atoms with Crippen LogP contribution in [0.2, 0.25) is 5.02 Å². The molecule has 1 aromatic carbocycles. The Kier molecular flexibility index (Phi) is 7.32. The second-order valence-corrected chi connectivity index (χ2v) is 9.57. The molecule has 0 radical (unpaired) electrons. The number of aliphatic hydroxyl groups is 1. The molecule has 36 heavy (non-hydrogen) atoms. The summed E-state index contributed by atoms with van der Waals surface area (Å²) < 4.78 is 5.36. The van der Waals surface area contributed by atoms with Crippen LogP contribution in [-0.2, 0) is 6.54 Å². The van der Waals surface area contributed by atoms with Crippen molar-refractivity contribution < 1.29 is 9.63 Å². The van der Waals surface area contributed by atoms with Crippen molar-refractivity contribution in [2.24, 2.45) is 0 Å². The van der Waals surface area contributed by atoms with E-state index in [-0.39, 0.29) is 0 Å². The number of halogens is 1. The minimum Gasteiger partial charge on any atom is -0.389 e. The lowest BCUT2D eigenvalue weighted by Gasteiger charge is -2.17. The average molecular weight is 506 g/mol. The molecule has 10 heteroatoms. The molecule has 4 rings (SSSR count). The molecule has 0 amide bonds. The van der Waals surface area contributed by atoms with Gasteiger partial charge in [0.25, 0.3) is 0 Å². The molecular formula is C26H28ClN7O2. The van der Waals surface area contributed by atoms with Crippen LogP contribution >= 0.6 is 11.6 Å². The molecule has 186 valence electrons. The zero-order valence-electron chi connectivity index (χ0n) is 20.6. The van der Waals surface area contributed by atoms with E-state index in [1.54, 1.807) is 32.4 Å². The summed E-state index contributed by atoms with van der Waals surface area (Å²) in [5.41, 5.74) is 3.85. The van der Waals surface area contributed by atoms with Gasteiger partial charge in [-0.2, -0.15) is 0 Å². The van der Waals surface area contributed by atoms with Crippen molar-refractivity contribution in [2.75, 3.05) is 11.9 Å². The van der Waals surface area contributed by atoms with Crippen LogP contribution in [0.15, 0.2) is 47.4 Å². The number of pyridine rings is 1. The van der Waals surface area contributed by atoms with Crippen molar-refractivity contribution in [2.45, 2.75) is 39.8 Å². The molecule has 0 saturated heterocycles. The van der Waals surface area contributed by atoms with Gasteiger partial charge in [0.05, 0.1) is 27.4 Å². The van der Waals surface area contributed by atoms with Gasteiger partial charge in [-0.3, -0.25) is 4.98 Å². The molecular weight excluding hydrogens is 478 g/mol. The zero-order chi connectivity index (χ0) is 25.9. The molecule has 3 heterocycles. The highest BCUT2D eigenvalue weighted by atomic mass is 35.5. The lowest BCUT2D eigenvalue weighted by molar-refractivity contribution is 0.0836. The van der Waals surface area contributed by atoms with Crippen LogP contribution in [0.3, 0.4) is 0 Å². The van der Waals surface area contributed by atoms with Crippen molar-refractivity contribution in [1.29, 1.82) is 5.41 Å². The molecule has 0 aliphatic heterocycles. The highest BCUT2D eigenvalue weighted by Crippen LogP contribution is 2.32. The van der Waals surface area contributed by atoms with Crippen LogP contribution in [0.5, 0.6) is 0 Å². The number of fused-ring (bicyclic) bond motifs is 1. The van der Waals surface area contributed by atoms with Crippen molar-refractivity contribution >= 4 is 40.1 Å². The lowest BCUT2D eigenvalue weighted by Crippen LogP contribution is -2.32. The van der Waals surface area contributed by atoms with E-state index in [0.717, 1.165) is 33.5 Å². The second kappa shape index (κ2) is 10.4. The molecule has 0 unspecified atom stereocenters. The standard InChI is InChI=1S/C26H28ClN7O2/c1-15-23(16(2)36-34-15)18-5-6-22-21(8-18)25(31-11-17-7-20(27)13-29-10-17)33-24(32-22)19(9-28)12-30-14-26(3,4)35/h5-10,12-13,28,30,35H,11,14H2,1-4H3,(H,31,32,33)/b19-12+,28-9?. The van der Waals surface area contributed by atoms with Gasteiger partial charge in [0.15, 0.2) is 5.82 Å². The summed E-state index contributed by atoms with van der Waals surface area (Å²) in [4.78, 5) is 13.6. The van der Waals surface area contributed by atoms with Crippen molar-refractivity contribution in [3.8, 4) is 11.1 Å². The molecule has 0 fully saturated rings. The van der Waals surface area contributed by atoms with Gasteiger partial charge in [0.1, 0.15) is 11.6 Å². The van der Waals surface area contributed by atoms with Gasteiger partial charge >= 0.3 is 0 Å². The summed E-state index contributed by atoms with van der Waals surface area (Å²) in [7, 11) is 0. The maximum absolute atomic E-state index is 9.98. The first kappa shape index (κ1) is 25.3.